The van der Waals surface area contributed by atoms with Gasteiger partial charge >= 0.3 is 0 Å². The SMILES string of the molecule is Nc1cc(Cl)cc(C(=O)Cc2cc(Br)cc3c2OCC3)c1. The van der Waals surface area contributed by atoms with Crippen LogP contribution >= 0.6 is 27.5 Å². The Kier molecular flexibility index (Phi) is 3.91. The summed E-state index contributed by atoms with van der Waals surface area (Å²) in [5, 5.41) is 0.467. The van der Waals surface area contributed by atoms with Crippen LogP contribution in [0.2, 0.25) is 5.02 Å². The summed E-state index contributed by atoms with van der Waals surface area (Å²) in [6.45, 7) is 0.664. The van der Waals surface area contributed by atoms with Gasteiger partial charge in [0, 0.05) is 39.2 Å². The van der Waals surface area contributed by atoms with Crippen LogP contribution in [0.3, 0.4) is 0 Å². The highest BCUT2D eigenvalue weighted by Gasteiger charge is 2.20. The first-order valence-corrected chi connectivity index (χ1v) is 7.73. The standard InChI is InChI=1S/C16H13BrClNO2/c17-12-3-9-1-2-21-16(9)11(4-12)7-15(20)10-5-13(18)8-14(19)6-10/h3-6,8H,1-2,7,19H2. The summed E-state index contributed by atoms with van der Waals surface area (Å²) in [5.41, 5.74) is 8.77. The molecule has 1 aliphatic rings. The van der Waals surface area contributed by atoms with Gasteiger partial charge in [0.1, 0.15) is 5.75 Å². The number of ketones is 1. The molecule has 2 N–H and O–H groups in total. The van der Waals surface area contributed by atoms with Gasteiger partial charge in [0.05, 0.1) is 6.61 Å². The van der Waals surface area contributed by atoms with Crippen molar-refractivity contribution in [3.8, 4) is 5.75 Å². The predicted molar refractivity (Wildman–Crippen MR) is 87.2 cm³/mol. The van der Waals surface area contributed by atoms with E-state index in [-0.39, 0.29) is 12.2 Å². The highest BCUT2D eigenvalue weighted by Crippen LogP contribution is 2.34. The van der Waals surface area contributed by atoms with Gasteiger partial charge in [-0.25, -0.2) is 0 Å². The third-order valence-corrected chi connectivity index (χ3v) is 4.09. The second-order valence-corrected chi connectivity index (χ2v) is 6.38. The molecule has 1 heterocycles. The summed E-state index contributed by atoms with van der Waals surface area (Å²) in [5.74, 6) is 0.807. The van der Waals surface area contributed by atoms with Gasteiger partial charge in [-0.15, -0.1) is 0 Å². The molecule has 0 saturated carbocycles. The molecule has 108 valence electrons. The first-order valence-electron chi connectivity index (χ1n) is 6.56. The summed E-state index contributed by atoms with van der Waals surface area (Å²) in [6.07, 6.45) is 1.14. The maximum Gasteiger partial charge on any atom is 0.167 e. The molecule has 0 amide bonds. The quantitative estimate of drug-likeness (QED) is 0.659. The number of Topliss-reactive ketones (excluding diaryl/α,β-unsaturated/α-hetero) is 1. The van der Waals surface area contributed by atoms with Crippen molar-refractivity contribution < 1.29 is 9.53 Å². The van der Waals surface area contributed by atoms with Gasteiger partial charge in [0.15, 0.2) is 5.78 Å². The first kappa shape index (κ1) is 14.4. The number of nitrogen functional groups attached to an aromatic ring is 1. The number of fused-ring (bicyclic) bond motifs is 1. The van der Waals surface area contributed by atoms with Crippen LogP contribution in [-0.2, 0) is 12.8 Å². The lowest BCUT2D eigenvalue weighted by Crippen LogP contribution is -2.06. The minimum Gasteiger partial charge on any atom is -0.493 e. The fourth-order valence-corrected chi connectivity index (χ4v) is 3.32. The third-order valence-electron chi connectivity index (χ3n) is 3.42. The number of anilines is 1. The van der Waals surface area contributed by atoms with E-state index in [1.807, 2.05) is 12.1 Å². The maximum atomic E-state index is 12.4. The van der Waals surface area contributed by atoms with E-state index in [0.29, 0.717) is 22.9 Å². The lowest BCUT2D eigenvalue weighted by molar-refractivity contribution is 0.0992. The molecular formula is C16H13BrClNO2. The highest BCUT2D eigenvalue weighted by molar-refractivity contribution is 9.10. The smallest absolute Gasteiger partial charge is 0.167 e. The Bertz CT molecular complexity index is 710. The molecule has 0 bridgehead atoms. The zero-order valence-corrected chi connectivity index (χ0v) is 13.5. The van der Waals surface area contributed by atoms with E-state index >= 15 is 0 Å². The molecule has 5 heteroatoms. The van der Waals surface area contributed by atoms with Crippen LogP contribution in [-0.4, -0.2) is 12.4 Å². The molecule has 0 atom stereocenters. The Morgan fingerprint density at radius 2 is 2.10 bits per heavy atom. The molecular weight excluding hydrogens is 354 g/mol. The number of carbonyl (C=O) groups excluding carboxylic acids is 1. The molecule has 3 nitrogen and oxygen atoms in total. The van der Waals surface area contributed by atoms with Gasteiger partial charge in [0.25, 0.3) is 0 Å². The summed E-state index contributed by atoms with van der Waals surface area (Å²) < 4.78 is 6.60. The largest absolute Gasteiger partial charge is 0.493 e. The van der Waals surface area contributed by atoms with Crippen LogP contribution in [0.5, 0.6) is 5.75 Å². The van der Waals surface area contributed by atoms with Crippen molar-refractivity contribution in [2.45, 2.75) is 12.8 Å². The average molecular weight is 367 g/mol. The van der Waals surface area contributed by atoms with Crippen LogP contribution in [0.4, 0.5) is 5.69 Å². The van der Waals surface area contributed by atoms with E-state index < -0.39 is 0 Å². The van der Waals surface area contributed by atoms with E-state index in [0.717, 1.165) is 27.8 Å². The molecule has 0 aromatic heterocycles. The molecule has 3 rings (SSSR count). The predicted octanol–water partition coefficient (Wildman–Crippen LogP) is 4.05. The zero-order chi connectivity index (χ0) is 15.0. The van der Waals surface area contributed by atoms with Crippen LogP contribution in [0.1, 0.15) is 21.5 Å². The van der Waals surface area contributed by atoms with Crippen LogP contribution in [0.15, 0.2) is 34.8 Å². The minimum atomic E-state index is -0.0278. The van der Waals surface area contributed by atoms with E-state index in [1.54, 1.807) is 18.2 Å². The third kappa shape index (κ3) is 3.06. The number of nitrogens with two attached hydrogens (primary N) is 1. The maximum absolute atomic E-state index is 12.4. The van der Waals surface area contributed by atoms with Crippen molar-refractivity contribution in [3.63, 3.8) is 0 Å². The Balaban J connectivity index is 1.92. The summed E-state index contributed by atoms with van der Waals surface area (Å²) >= 11 is 9.43. The molecule has 21 heavy (non-hydrogen) atoms. The number of rotatable bonds is 3. The second kappa shape index (κ2) is 5.70. The molecule has 2 aromatic rings. The Morgan fingerprint density at radius 1 is 1.29 bits per heavy atom. The number of carbonyl (C=O) groups is 1. The minimum absolute atomic E-state index is 0.0278. The van der Waals surface area contributed by atoms with Crippen molar-refractivity contribution in [1.82, 2.24) is 0 Å². The fourth-order valence-electron chi connectivity index (χ4n) is 2.53. The highest BCUT2D eigenvalue weighted by atomic mass is 79.9. The van der Waals surface area contributed by atoms with E-state index in [4.69, 9.17) is 22.1 Å². The number of hydrogen-bond acceptors (Lipinski definition) is 3. The van der Waals surface area contributed by atoms with Gasteiger partial charge in [-0.05, 0) is 35.9 Å². The van der Waals surface area contributed by atoms with Gasteiger partial charge in [-0.2, -0.15) is 0 Å². The number of halogens is 2. The van der Waals surface area contributed by atoms with Crippen LogP contribution in [0.25, 0.3) is 0 Å². The van der Waals surface area contributed by atoms with Crippen molar-refractivity contribution in [1.29, 1.82) is 0 Å². The topological polar surface area (TPSA) is 52.3 Å². The van der Waals surface area contributed by atoms with Crippen molar-refractivity contribution in [2.75, 3.05) is 12.3 Å². The molecule has 0 aliphatic carbocycles. The van der Waals surface area contributed by atoms with E-state index in [2.05, 4.69) is 15.9 Å². The van der Waals surface area contributed by atoms with Crippen LogP contribution < -0.4 is 10.5 Å². The Hall–Kier alpha value is -1.52. The molecule has 0 fully saturated rings. The lowest BCUT2D eigenvalue weighted by Gasteiger charge is -2.09. The van der Waals surface area contributed by atoms with Crippen LogP contribution in [0, 0.1) is 0 Å². The summed E-state index contributed by atoms with van der Waals surface area (Å²) in [7, 11) is 0. The number of ether oxygens (including phenoxy) is 1. The number of hydrogen-bond donors (Lipinski definition) is 1. The van der Waals surface area contributed by atoms with Crippen molar-refractivity contribution in [2.24, 2.45) is 0 Å². The normalized spacial score (nSPS) is 12.9. The van der Waals surface area contributed by atoms with Crippen molar-refractivity contribution >= 4 is 39.0 Å². The van der Waals surface area contributed by atoms with Gasteiger partial charge in [-0.3, -0.25) is 4.79 Å². The fraction of sp³-hybridized carbons (Fsp3) is 0.188. The van der Waals surface area contributed by atoms with Gasteiger partial charge in [0.2, 0.25) is 0 Å². The van der Waals surface area contributed by atoms with Gasteiger partial charge < -0.3 is 10.5 Å². The molecule has 0 spiro atoms. The Labute approximate surface area is 136 Å². The monoisotopic (exact) mass is 365 g/mol. The summed E-state index contributed by atoms with van der Waals surface area (Å²) in [4.78, 5) is 12.4. The Morgan fingerprint density at radius 3 is 2.86 bits per heavy atom. The van der Waals surface area contributed by atoms with Crippen molar-refractivity contribution in [3.05, 3.63) is 56.5 Å². The van der Waals surface area contributed by atoms with Gasteiger partial charge in [-0.1, -0.05) is 27.5 Å². The molecule has 2 aromatic carbocycles. The lowest BCUT2D eigenvalue weighted by atomic mass is 10.00. The first-order chi connectivity index (χ1) is 10.0. The average Bonchev–Trinajstić information content (AvgIpc) is 2.85. The molecule has 0 radical (unpaired) electrons. The number of benzene rings is 2. The molecule has 0 saturated heterocycles. The molecule has 1 aliphatic heterocycles. The van der Waals surface area contributed by atoms with E-state index in [9.17, 15) is 4.79 Å². The molecule has 0 unspecified atom stereocenters. The zero-order valence-electron chi connectivity index (χ0n) is 11.2. The van der Waals surface area contributed by atoms with E-state index in [1.165, 1.54) is 0 Å². The second-order valence-electron chi connectivity index (χ2n) is 5.02. The summed E-state index contributed by atoms with van der Waals surface area (Å²) in [6, 6.07) is 8.87.